The van der Waals surface area contributed by atoms with E-state index in [0.29, 0.717) is 5.82 Å². The first-order valence-corrected chi connectivity index (χ1v) is 7.75. The van der Waals surface area contributed by atoms with Crippen LogP contribution >= 0.6 is 11.3 Å². The number of ether oxygens (including phenoxy) is 1. The van der Waals surface area contributed by atoms with Gasteiger partial charge in [-0.2, -0.15) is 4.98 Å². The molecule has 2 aromatic heterocycles. The predicted molar refractivity (Wildman–Crippen MR) is 68.7 cm³/mol. The molecule has 20 heavy (non-hydrogen) atoms. The van der Waals surface area contributed by atoms with Gasteiger partial charge in [-0.1, -0.05) is 5.16 Å². The average Bonchev–Trinajstić information content (AvgIpc) is 3.04. The highest BCUT2D eigenvalue weighted by Gasteiger charge is 2.24. The highest BCUT2D eigenvalue weighted by atomic mass is 32.2. The van der Waals surface area contributed by atoms with Crippen molar-refractivity contribution in [1.29, 1.82) is 0 Å². The van der Waals surface area contributed by atoms with Crippen LogP contribution in [0, 0.1) is 6.92 Å². The van der Waals surface area contributed by atoms with Gasteiger partial charge in [-0.15, -0.1) is 11.3 Å². The monoisotopic (exact) mass is 317 g/mol. The van der Waals surface area contributed by atoms with Gasteiger partial charge in [-0.25, -0.2) is 17.9 Å². The second-order valence-electron chi connectivity index (χ2n) is 3.67. The molecule has 0 atom stereocenters. The molecule has 0 amide bonds. The second kappa shape index (κ2) is 5.69. The molecule has 0 saturated heterocycles. The fraction of sp³-hybridized carbons (Fsp3) is 0.300. The van der Waals surface area contributed by atoms with E-state index < -0.39 is 16.0 Å². The standard InChI is InChI=1S/C10H11N3O5S2/c1-6-12-8(18-13-6)5-11-20(15,16)7-3-4-19-9(7)10(14)17-2/h3-4,11H,5H2,1-2H3. The maximum atomic E-state index is 12.1. The van der Waals surface area contributed by atoms with Gasteiger partial charge in [0.05, 0.1) is 13.7 Å². The SMILES string of the molecule is COC(=O)c1sccc1S(=O)(=O)NCc1nc(C)no1. The lowest BCUT2D eigenvalue weighted by Gasteiger charge is -2.04. The molecule has 108 valence electrons. The number of nitrogens with zero attached hydrogens (tertiary/aromatic N) is 2. The number of aromatic nitrogens is 2. The Hall–Kier alpha value is -1.78. The number of carbonyl (C=O) groups is 1. The van der Waals surface area contributed by atoms with E-state index in [9.17, 15) is 13.2 Å². The maximum Gasteiger partial charge on any atom is 0.349 e. The van der Waals surface area contributed by atoms with Crippen molar-refractivity contribution in [1.82, 2.24) is 14.9 Å². The summed E-state index contributed by atoms with van der Waals surface area (Å²) in [6, 6.07) is 1.33. The number of methoxy groups -OCH3 is 1. The average molecular weight is 317 g/mol. The fourth-order valence-electron chi connectivity index (χ4n) is 1.40. The Morgan fingerprint density at radius 1 is 1.55 bits per heavy atom. The predicted octanol–water partition coefficient (Wildman–Crippen LogP) is 0.705. The lowest BCUT2D eigenvalue weighted by molar-refractivity contribution is 0.0602. The molecule has 0 fully saturated rings. The van der Waals surface area contributed by atoms with Crippen LogP contribution in [0.15, 0.2) is 20.9 Å². The molecular weight excluding hydrogens is 306 g/mol. The third kappa shape index (κ3) is 3.03. The topological polar surface area (TPSA) is 111 Å². The number of aryl methyl sites for hydroxylation is 1. The van der Waals surface area contributed by atoms with Gasteiger partial charge in [0.25, 0.3) is 0 Å². The van der Waals surface area contributed by atoms with E-state index >= 15 is 0 Å². The van der Waals surface area contributed by atoms with Crippen LogP contribution in [0.5, 0.6) is 0 Å². The molecule has 0 spiro atoms. The minimum atomic E-state index is -3.86. The van der Waals surface area contributed by atoms with Gasteiger partial charge in [-0.05, 0) is 18.4 Å². The van der Waals surface area contributed by atoms with E-state index in [4.69, 9.17) is 4.52 Å². The number of hydrogen-bond acceptors (Lipinski definition) is 8. The fourth-order valence-corrected chi connectivity index (χ4v) is 3.70. The number of nitrogens with one attached hydrogen (secondary N) is 1. The normalized spacial score (nSPS) is 11.5. The summed E-state index contributed by atoms with van der Waals surface area (Å²) in [4.78, 5) is 15.2. The van der Waals surface area contributed by atoms with Crippen LogP contribution in [0.3, 0.4) is 0 Å². The van der Waals surface area contributed by atoms with Gasteiger partial charge in [-0.3, -0.25) is 0 Å². The molecule has 0 aliphatic rings. The Labute approximate surface area is 118 Å². The van der Waals surface area contributed by atoms with Crippen molar-refractivity contribution >= 4 is 27.3 Å². The molecule has 0 aromatic carbocycles. The first kappa shape index (κ1) is 14.6. The smallest absolute Gasteiger partial charge is 0.349 e. The van der Waals surface area contributed by atoms with Gasteiger partial charge in [0, 0.05) is 0 Å². The Morgan fingerprint density at radius 3 is 2.90 bits per heavy atom. The van der Waals surface area contributed by atoms with Crippen molar-refractivity contribution in [2.24, 2.45) is 0 Å². The second-order valence-corrected chi connectivity index (χ2v) is 6.32. The maximum absolute atomic E-state index is 12.1. The summed E-state index contributed by atoms with van der Waals surface area (Å²) in [5, 5.41) is 5.04. The van der Waals surface area contributed by atoms with Crippen LogP contribution in [0.2, 0.25) is 0 Å². The Balaban J connectivity index is 2.18. The Bertz CT molecular complexity index is 719. The molecule has 2 rings (SSSR count). The van der Waals surface area contributed by atoms with Gasteiger partial charge in [0.2, 0.25) is 15.9 Å². The molecule has 0 radical (unpaired) electrons. The number of sulfonamides is 1. The third-order valence-corrected chi connectivity index (χ3v) is 4.74. The Morgan fingerprint density at radius 2 is 2.30 bits per heavy atom. The summed E-state index contributed by atoms with van der Waals surface area (Å²) in [5.74, 6) is -0.153. The quantitative estimate of drug-likeness (QED) is 0.808. The van der Waals surface area contributed by atoms with E-state index in [1.807, 2.05) is 0 Å². The molecule has 0 aliphatic heterocycles. The van der Waals surface area contributed by atoms with Gasteiger partial charge < -0.3 is 9.26 Å². The highest BCUT2D eigenvalue weighted by Crippen LogP contribution is 2.22. The highest BCUT2D eigenvalue weighted by molar-refractivity contribution is 7.89. The molecule has 2 heterocycles. The zero-order chi connectivity index (χ0) is 14.8. The number of hydrogen-bond donors (Lipinski definition) is 1. The molecule has 0 saturated carbocycles. The summed E-state index contributed by atoms with van der Waals surface area (Å²) in [7, 11) is -2.67. The molecule has 0 aliphatic carbocycles. The minimum absolute atomic E-state index is 0.0155. The number of rotatable bonds is 5. The van der Waals surface area contributed by atoms with Crippen molar-refractivity contribution in [2.75, 3.05) is 7.11 Å². The largest absolute Gasteiger partial charge is 0.465 e. The van der Waals surface area contributed by atoms with Gasteiger partial charge in [0.1, 0.15) is 9.77 Å². The summed E-state index contributed by atoms with van der Waals surface area (Å²) in [6.07, 6.45) is 0. The van der Waals surface area contributed by atoms with E-state index in [1.165, 1.54) is 18.6 Å². The van der Waals surface area contributed by atoms with E-state index in [2.05, 4.69) is 19.6 Å². The minimum Gasteiger partial charge on any atom is -0.465 e. The summed E-state index contributed by atoms with van der Waals surface area (Å²) >= 11 is 0.990. The van der Waals surface area contributed by atoms with E-state index in [1.54, 1.807) is 6.92 Å². The number of thiophene rings is 1. The van der Waals surface area contributed by atoms with Crippen molar-refractivity contribution in [3.8, 4) is 0 Å². The zero-order valence-corrected chi connectivity index (χ0v) is 12.2. The molecule has 2 aromatic rings. The molecule has 1 N–H and O–H groups in total. The summed E-state index contributed by atoms with van der Waals surface area (Å²) in [6.45, 7) is 1.47. The first-order valence-electron chi connectivity index (χ1n) is 5.38. The zero-order valence-electron chi connectivity index (χ0n) is 10.6. The van der Waals surface area contributed by atoms with Crippen LogP contribution < -0.4 is 4.72 Å². The number of esters is 1. The van der Waals surface area contributed by atoms with Gasteiger partial charge >= 0.3 is 5.97 Å². The van der Waals surface area contributed by atoms with Crippen molar-refractivity contribution in [3.63, 3.8) is 0 Å². The van der Waals surface area contributed by atoms with E-state index in [-0.39, 0.29) is 22.2 Å². The van der Waals surface area contributed by atoms with Crippen molar-refractivity contribution < 1.29 is 22.5 Å². The van der Waals surface area contributed by atoms with Crippen molar-refractivity contribution in [2.45, 2.75) is 18.4 Å². The first-order chi connectivity index (χ1) is 9.44. The van der Waals surface area contributed by atoms with Crippen LogP contribution in [0.4, 0.5) is 0 Å². The molecule has 0 unspecified atom stereocenters. The summed E-state index contributed by atoms with van der Waals surface area (Å²) in [5.41, 5.74) is 0. The Kier molecular flexibility index (Phi) is 4.16. The lowest BCUT2D eigenvalue weighted by Crippen LogP contribution is -2.24. The van der Waals surface area contributed by atoms with E-state index in [0.717, 1.165) is 11.3 Å². The molecular formula is C10H11N3O5S2. The third-order valence-electron chi connectivity index (χ3n) is 2.27. The van der Waals surface area contributed by atoms with Crippen LogP contribution in [0.25, 0.3) is 0 Å². The van der Waals surface area contributed by atoms with Crippen LogP contribution in [-0.2, 0) is 21.3 Å². The van der Waals surface area contributed by atoms with Crippen LogP contribution in [0.1, 0.15) is 21.4 Å². The molecule has 0 bridgehead atoms. The van der Waals surface area contributed by atoms with Gasteiger partial charge in [0.15, 0.2) is 5.82 Å². The number of carbonyl (C=O) groups excluding carboxylic acids is 1. The summed E-state index contributed by atoms with van der Waals surface area (Å²) < 4.78 is 35.8. The lowest BCUT2D eigenvalue weighted by atomic mass is 10.5. The molecule has 10 heteroatoms. The molecule has 8 nitrogen and oxygen atoms in total. The van der Waals surface area contributed by atoms with Crippen molar-refractivity contribution in [3.05, 3.63) is 28.0 Å². The van der Waals surface area contributed by atoms with Crippen LogP contribution in [-0.4, -0.2) is 31.6 Å².